The van der Waals surface area contributed by atoms with Crippen molar-refractivity contribution < 1.29 is 29.3 Å². The van der Waals surface area contributed by atoms with Crippen molar-refractivity contribution in [2.45, 2.75) is 96.7 Å². The average Bonchev–Trinajstić information content (AvgIpc) is 3.44. The molecule has 7 nitrogen and oxygen atoms in total. The number of epoxide rings is 1. The van der Waals surface area contributed by atoms with Gasteiger partial charge in [0.15, 0.2) is 0 Å². The van der Waals surface area contributed by atoms with E-state index in [-0.39, 0.29) is 29.8 Å². The summed E-state index contributed by atoms with van der Waals surface area (Å²) in [6.07, 6.45) is 5.31. The van der Waals surface area contributed by atoms with Crippen molar-refractivity contribution >= 4 is 17.8 Å². The number of nitrogens with zero attached hydrogens (tertiary/aromatic N) is 1. The number of ketones is 1. The fourth-order valence-electron chi connectivity index (χ4n) is 4.84. The molecule has 0 aromatic carbocycles. The van der Waals surface area contributed by atoms with E-state index < -0.39 is 35.6 Å². The number of hydrogen-bond acceptors (Lipinski definition) is 7. The molecule has 7 atom stereocenters. The summed E-state index contributed by atoms with van der Waals surface area (Å²) in [5.41, 5.74) is -0.750. The first-order valence-electron chi connectivity index (χ1n) is 12.3. The Morgan fingerprint density at radius 1 is 1.15 bits per heavy atom. The van der Waals surface area contributed by atoms with E-state index in [2.05, 4.69) is 11.9 Å². The molecule has 7 unspecified atom stereocenters. The number of aliphatic hydroxyl groups is 2. The van der Waals surface area contributed by atoms with Gasteiger partial charge >= 0.3 is 5.97 Å². The maximum Gasteiger partial charge on any atom is 0.309 e. The molecule has 0 bridgehead atoms. The minimum atomic E-state index is -1.23. The Morgan fingerprint density at radius 3 is 2.56 bits per heavy atom. The summed E-state index contributed by atoms with van der Waals surface area (Å²) in [7, 11) is 0. The lowest BCUT2D eigenvalue weighted by atomic mass is 9.73. The topological polar surface area (TPSA) is 109 Å². The zero-order valence-corrected chi connectivity index (χ0v) is 20.9. The van der Waals surface area contributed by atoms with Crippen molar-refractivity contribution in [1.29, 1.82) is 0 Å². The van der Waals surface area contributed by atoms with Gasteiger partial charge in [-0.25, -0.2) is 0 Å². The molecular weight excluding hydrogens is 434 g/mol. The number of ether oxygens (including phenoxy) is 2. The number of cyclic esters (lactones) is 1. The standard InChI is InChI=1S/C27H39NO6/c1-17-9-8-13-27(5)22(34-27)15-20(12-11-19-10-6-7-14-28-19)33-23(30)16-21(29)26(3,4)25(32)18(2)24(17)31/h6-7,10-12,14,17-18,20-22,24,29,31H,8-9,13,15-16H2,1-5H3. The fraction of sp³-hybridized carbons (Fsp3) is 0.667. The minimum absolute atomic E-state index is 0.0475. The quantitative estimate of drug-likeness (QED) is 0.498. The third-order valence-corrected chi connectivity index (χ3v) is 7.60. The van der Waals surface area contributed by atoms with Gasteiger partial charge in [-0.05, 0) is 50.0 Å². The van der Waals surface area contributed by atoms with Crippen molar-refractivity contribution in [3.05, 3.63) is 36.2 Å². The highest BCUT2D eigenvalue weighted by molar-refractivity contribution is 5.88. The lowest BCUT2D eigenvalue weighted by Crippen LogP contribution is -2.45. The minimum Gasteiger partial charge on any atom is -0.458 e. The molecule has 0 saturated carbocycles. The number of rotatable bonds is 2. The van der Waals surface area contributed by atoms with E-state index in [1.54, 1.807) is 33.0 Å². The van der Waals surface area contributed by atoms with Crippen LogP contribution in [-0.2, 0) is 19.1 Å². The van der Waals surface area contributed by atoms with Gasteiger partial charge < -0.3 is 19.7 Å². The van der Waals surface area contributed by atoms with Crippen LogP contribution in [0.4, 0.5) is 0 Å². The molecule has 0 spiro atoms. The van der Waals surface area contributed by atoms with Gasteiger partial charge in [0.1, 0.15) is 11.9 Å². The highest BCUT2D eigenvalue weighted by Gasteiger charge is 2.52. The third kappa shape index (κ3) is 6.32. The van der Waals surface area contributed by atoms with Crippen molar-refractivity contribution in [2.24, 2.45) is 17.3 Å². The summed E-state index contributed by atoms with van der Waals surface area (Å²) in [5.74, 6) is -1.57. The summed E-state index contributed by atoms with van der Waals surface area (Å²) in [6, 6.07) is 5.58. The molecular formula is C27H39NO6. The molecule has 0 amide bonds. The number of carbonyl (C=O) groups is 2. The lowest BCUT2D eigenvalue weighted by molar-refractivity contribution is -0.154. The van der Waals surface area contributed by atoms with E-state index in [1.165, 1.54) is 0 Å². The normalized spacial score (nSPS) is 37.7. The van der Waals surface area contributed by atoms with Crippen LogP contribution in [0.25, 0.3) is 6.08 Å². The summed E-state index contributed by atoms with van der Waals surface area (Å²) >= 11 is 0. The molecule has 2 N–H and O–H groups in total. The molecule has 3 rings (SSSR count). The number of aliphatic hydroxyl groups excluding tert-OH is 2. The Hall–Kier alpha value is -2.09. The molecule has 1 aromatic rings. The summed E-state index contributed by atoms with van der Waals surface area (Å²) < 4.78 is 11.7. The predicted octanol–water partition coefficient (Wildman–Crippen LogP) is 3.72. The second kappa shape index (κ2) is 10.7. The fourth-order valence-corrected chi connectivity index (χ4v) is 4.84. The molecule has 2 aliphatic rings. The molecule has 0 radical (unpaired) electrons. The first-order valence-corrected chi connectivity index (χ1v) is 12.3. The second-order valence-electron chi connectivity index (χ2n) is 10.8. The maximum atomic E-state index is 13.2. The Labute approximate surface area is 202 Å². The first-order chi connectivity index (χ1) is 15.9. The van der Waals surface area contributed by atoms with Crippen LogP contribution in [0.5, 0.6) is 0 Å². The van der Waals surface area contributed by atoms with Crippen molar-refractivity contribution in [1.82, 2.24) is 4.98 Å². The SMILES string of the molecule is CC1CCCC2(C)OC2CC(C=Cc2ccccn2)OC(=O)CC(O)C(C)(C)C(=O)C(C)C1O. The Morgan fingerprint density at radius 2 is 1.88 bits per heavy atom. The third-order valence-electron chi connectivity index (χ3n) is 7.60. The van der Waals surface area contributed by atoms with Gasteiger partial charge in [0, 0.05) is 18.5 Å². The van der Waals surface area contributed by atoms with Gasteiger partial charge in [-0.15, -0.1) is 0 Å². The zero-order valence-electron chi connectivity index (χ0n) is 20.9. The van der Waals surface area contributed by atoms with E-state index in [4.69, 9.17) is 9.47 Å². The van der Waals surface area contributed by atoms with Gasteiger partial charge in [-0.3, -0.25) is 14.6 Å². The predicted molar refractivity (Wildman–Crippen MR) is 129 cm³/mol. The number of fused-ring (bicyclic) bond motifs is 1. The monoisotopic (exact) mass is 473 g/mol. The number of hydrogen-bond donors (Lipinski definition) is 2. The smallest absolute Gasteiger partial charge is 0.309 e. The Kier molecular flexibility index (Phi) is 8.32. The molecule has 188 valence electrons. The van der Waals surface area contributed by atoms with E-state index in [1.807, 2.05) is 31.2 Å². The second-order valence-corrected chi connectivity index (χ2v) is 10.8. The van der Waals surface area contributed by atoms with Crippen LogP contribution in [0.2, 0.25) is 0 Å². The van der Waals surface area contributed by atoms with Crippen LogP contribution < -0.4 is 0 Å². The molecule has 3 heterocycles. The number of esters is 1. The van der Waals surface area contributed by atoms with Crippen LogP contribution in [0.1, 0.15) is 72.4 Å². The number of aromatic nitrogens is 1. The van der Waals surface area contributed by atoms with Crippen LogP contribution in [0.3, 0.4) is 0 Å². The van der Waals surface area contributed by atoms with E-state index in [0.29, 0.717) is 6.42 Å². The number of pyridine rings is 1. The zero-order chi connectivity index (χ0) is 25.1. The van der Waals surface area contributed by atoms with Crippen molar-refractivity contribution in [2.75, 3.05) is 0 Å². The Bertz CT molecular complexity index is 884. The highest BCUT2D eigenvalue weighted by atomic mass is 16.6. The molecule has 1 aromatic heterocycles. The van der Waals surface area contributed by atoms with Crippen LogP contribution >= 0.6 is 0 Å². The summed E-state index contributed by atoms with van der Waals surface area (Å²) in [6.45, 7) is 8.93. The van der Waals surface area contributed by atoms with Crippen LogP contribution in [0.15, 0.2) is 30.5 Å². The van der Waals surface area contributed by atoms with Gasteiger partial charge in [0.05, 0.1) is 41.4 Å². The molecule has 2 aliphatic heterocycles. The van der Waals surface area contributed by atoms with E-state index >= 15 is 0 Å². The molecule has 0 aliphatic carbocycles. The van der Waals surface area contributed by atoms with Gasteiger partial charge in [0.25, 0.3) is 0 Å². The Balaban J connectivity index is 1.81. The first kappa shape index (κ1) is 26.5. The van der Waals surface area contributed by atoms with E-state index in [0.717, 1.165) is 25.0 Å². The summed E-state index contributed by atoms with van der Waals surface area (Å²) in [4.78, 5) is 30.2. The average molecular weight is 474 g/mol. The van der Waals surface area contributed by atoms with Gasteiger partial charge in [-0.1, -0.05) is 40.2 Å². The van der Waals surface area contributed by atoms with Crippen LogP contribution in [0, 0.1) is 17.3 Å². The largest absolute Gasteiger partial charge is 0.458 e. The van der Waals surface area contributed by atoms with Gasteiger partial charge in [0.2, 0.25) is 0 Å². The number of carbonyl (C=O) groups excluding carboxylic acids is 2. The molecule has 34 heavy (non-hydrogen) atoms. The van der Waals surface area contributed by atoms with E-state index in [9.17, 15) is 19.8 Å². The lowest BCUT2D eigenvalue weighted by Gasteiger charge is -2.34. The van der Waals surface area contributed by atoms with Crippen LogP contribution in [-0.4, -0.2) is 57.0 Å². The highest BCUT2D eigenvalue weighted by Crippen LogP contribution is 2.44. The number of Topliss-reactive ketones (excluding diaryl/α,β-unsaturated/α-hetero) is 1. The molecule has 7 heteroatoms. The molecule has 2 saturated heterocycles. The van der Waals surface area contributed by atoms with Gasteiger partial charge in [-0.2, -0.15) is 0 Å². The van der Waals surface area contributed by atoms with Crippen molar-refractivity contribution in [3.8, 4) is 0 Å². The molecule has 2 fully saturated rings. The summed E-state index contributed by atoms with van der Waals surface area (Å²) in [5, 5.41) is 21.6. The maximum absolute atomic E-state index is 13.2. The van der Waals surface area contributed by atoms with Crippen molar-refractivity contribution in [3.63, 3.8) is 0 Å².